The molecule has 0 unspecified atom stereocenters. The zero-order valence-electron chi connectivity index (χ0n) is 12.0. The molecule has 0 fully saturated rings. The van der Waals surface area contributed by atoms with Crippen LogP contribution in [0.25, 0.3) is 0 Å². The van der Waals surface area contributed by atoms with Gasteiger partial charge in [0.15, 0.2) is 0 Å². The first-order valence-electron chi connectivity index (χ1n) is 6.97. The number of thiazole rings is 1. The molecule has 1 atom stereocenters. The molecule has 0 spiro atoms. The minimum atomic E-state index is 0.395. The van der Waals surface area contributed by atoms with Crippen LogP contribution in [0.3, 0.4) is 0 Å². The minimum absolute atomic E-state index is 0.395. The molecule has 0 saturated heterocycles. The van der Waals surface area contributed by atoms with Gasteiger partial charge in [0.25, 0.3) is 0 Å². The molecule has 0 saturated carbocycles. The molecule has 0 amide bonds. The van der Waals surface area contributed by atoms with Gasteiger partial charge >= 0.3 is 0 Å². The predicted octanol–water partition coefficient (Wildman–Crippen LogP) is 2.01. The van der Waals surface area contributed by atoms with E-state index in [1.807, 2.05) is 36.4 Å². The van der Waals surface area contributed by atoms with E-state index < -0.39 is 0 Å². The lowest BCUT2D eigenvalue weighted by atomic mass is 9.97. The Labute approximate surface area is 123 Å². The molecule has 20 heavy (non-hydrogen) atoms. The third-order valence-electron chi connectivity index (χ3n) is 3.69. The zero-order chi connectivity index (χ0) is 13.9. The first-order valence-corrected chi connectivity index (χ1v) is 7.85. The highest BCUT2D eigenvalue weighted by Gasteiger charge is 2.28. The van der Waals surface area contributed by atoms with Gasteiger partial charge in [0.2, 0.25) is 0 Å². The Balaban J connectivity index is 1.77. The topological polar surface area (TPSA) is 43.2 Å². The standard InChI is InChI=1S/C14H20N4OS/c1-3-19-10-12-8-18(9-13-15-4-5-20-13)7-11-6-16-17(2)14(11)12/h4-6,12H,3,7-10H2,1-2H3/t12-/m1/s1. The Morgan fingerprint density at radius 3 is 3.15 bits per heavy atom. The second kappa shape index (κ2) is 6.03. The van der Waals surface area contributed by atoms with Crippen molar-refractivity contribution in [3.8, 4) is 0 Å². The summed E-state index contributed by atoms with van der Waals surface area (Å²) in [7, 11) is 2.02. The maximum atomic E-state index is 5.66. The Kier molecular flexibility index (Phi) is 4.14. The van der Waals surface area contributed by atoms with Crippen molar-refractivity contribution < 1.29 is 4.74 Å². The fourth-order valence-electron chi connectivity index (χ4n) is 2.88. The van der Waals surface area contributed by atoms with Crippen LogP contribution in [0.2, 0.25) is 0 Å². The van der Waals surface area contributed by atoms with E-state index in [0.717, 1.165) is 32.8 Å². The summed E-state index contributed by atoms with van der Waals surface area (Å²) in [6, 6.07) is 0. The number of rotatable bonds is 5. The van der Waals surface area contributed by atoms with Gasteiger partial charge < -0.3 is 4.74 Å². The maximum Gasteiger partial charge on any atom is 0.107 e. The molecular formula is C14H20N4OS. The van der Waals surface area contributed by atoms with Crippen LogP contribution in [-0.2, 0) is 24.9 Å². The van der Waals surface area contributed by atoms with E-state index >= 15 is 0 Å². The first kappa shape index (κ1) is 13.7. The van der Waals surface area contributed by atoms with Crippen molar-refractivity contribution in [1.29, 1.82) is 0 Å². The zero-order valence-corrected chi connectivity index (χ0v) is 12.8. The van der Waals surface area contributed by atoms with Crippen molar-refractivity contribution in [2.45, 2.75) is 25.9 Å². The molecule has 0 bridgehead atoms. The molecule has 0 radical (unpaired) electrons. The molecule has 6 heteroatoms. The van der Waals surface area contributed by atoms with Crippen molar-refractivity contribution in [2.75, 3.05) is 19.8 Å². The summed E-state index contributed by atoms with van der Waals surface area (Å²) in [5, 5.41) is 7.62. The van der Waals surface area contributed by atoms with Crippen LogP contribution in [0.4, 0.5) is 0 Å². The molecule has 1 aliphatic heterocycles. The highest BCUT2D eigenvalue weighted by molar-refractivity contribution is 7.09. The summed E-state index contributed by atoms with van der Waals surface area (Å²) in [6.07, 6.45) is 3.86. The van der Waals surface area contributed by atoms with E-state index in [-0.39, 0.29) is 0 Å². The number of aryl methyl sites for hydroxylation is 1. The number of hydrogen-bond donors (Lipinski definition) is 0. The molecule has 2 aromatic rings. The van der Waals surface area contributed by atoms with E-state index in [2.05, 4.69) is 15.0 Å². The van der Waals surface area contributed by atoms with Crippen LogP contribution < -0.4 is 0 Å². The van der Waals surface area contributed by atoms with Gasteiger partial charge in [-0.05, 0) is 6.92 Å². The Hall–Kier alpha value is -1.24. The molecule has 108 valence electrons. The third-order valence-corrected chi connectivity index (χ3v) is 4.45. The lowest BCUT2D eigenvalue weighted by Gasteiger charge is -2.32. The van der Waals surface area contributed by atoms with Crippen molar-refractivity contribution in [1.82, 2.24) is 19.7 Å². The van der Waals surface area contributed by atoms with Crippen LogP contribution in [0.5, 0.6) is 0 Å². The summed E-state index contributed by atoms with van der Waals surface area (Å²) in [4.78, 5) is 6.82. The fraction of sp³-hybridized carbons (Fsp3) is 0.571. The second-order valence-corrected chi connectivity index (χ2v) is 6.11. The quantitative estimate of drug-likeness (QED) is 0.845. The summed E-state index contributed by atoms with van der Waals surface area (Å²) < 4.78 is 7.66. The fourth-order valence-corrected chi connectivity index (χ4v) is 3.54. The highest BCUT2D eigenvalue weighted by Crippen LogP contribution is 2.29. The SMILES string of the molecule is CCOC[C@H]1CN(Cc2nccs2)Cc2cnn(C)c21. The molecular weight excluding hydrogens is 272 g/mol. The van der Waals surface area contributed by atoms with Crippen molar-refractivity contribution in [3.63, 3.8) is 0 Å². The number of ether oxygens (including phenoxy) is 1. The Bertz CT molecular complexity index is 552. The van der Waals surface area contributed by atoms with Gasteiger partial charge in [-0.25, -0.2) is 4.98 Å². The maximum absolute atomic E-state index is 5.66. The van der Waals surface area contributed by atoms with Crippen LogP contribution in [0, 0.1) is 0 Å². The van der Waals surface area contributed by atoms with Gasteiger partial charge in [-0.3, -0.25) is 9.58 Å². The number of aromatic nitrogens is 3. The van der Waals surface area contributed by atoms with Gasteiger partial charge in [-0.15, -0.1) is 11.3 Å². The normalized spacial score (nSPS) is 19.2. The van der Waals surface area contributed by atoms with Crippen molar-refractivity contribution in [3.05, 3.63) is 34.0 Å². The van der Waals surface area contributed by atoms with E-state index in [1.165, 1.54) is 16.3 Å². The average Bonchev–Trinajstić information content (AvgIpc) is 3.07. The molecule has 5 nitrogen and oxygen atoms in total. The summed E-state index contributed by atoms with van der Waals surface area (Å²) in [5.74, 6) is 0.395. The predicted molar refractivity (Wildman–Crippen MR) is 78.7 cm³/mol. The number of hydrogen-bond acceptors (Lipinski definition) is 5. The van der Waals surface area contributed by atoms with E-state index in [9.17, 15) is 0 Å². The van der Waals surface area contributed by atoms with Crippen LogP contribution in [0.1, 0.15) is 29.1 Å². The smallest absolute Gasteiger partial charge is 0.107 e. The van der Waals surface area contributed by atoms with Gasteiger partial charge in [-0.1, -0.05) is 0 Å². The van der Waals surface area contributed by atoms with Gasteiger partial charge in [-0.2, -0.15) is 5.10 Å². The minimum Gasteiger partial charge on any atom is -0.381 e. The summed E-state index contributed by atoms with van der Waals surface area (Å²) in [5.41, 5.74) is 2.65. The van der Waals surface area contributed by atoms with Crippen molar-refractivity contribution >= 4 is 11.3 Å². The van der Waals surface area contributed by atoms with E-state index in [0.29, 0.717) is 5.92 Å². The molecule has 3 heterocycles. The lowest BCUT2D eigenvalue weighted by molar-refractivity contribution is 0.102. The first-order chi connectivity index (χ1) is 9.78. The van der Waals surface area contributed by atoms with E-state index in [4.69, 9.17) is 4.74 Å². The molecule has 0 aromatic carbocycles. The number of nitrogens with zero attached hydrogens (tertiary/aromatic N) is 4. The number of fused-ring (bicyclic) bond motifs is 1. The summed E-state index contributed by atoms with van der Waals surface area (Å²) in [6.45, 7) is 6.43. The molecule has 1 aliphatic rings. The Morgan fingerprint density at radius 1 is 1.50 bits per heavy atom. The highest BCUT2D eigenvalue weighted by atomic mass is 32.1. The largest absolute Gasteiger partial charge is 0.381 e. The molecule has 0 N–H and O–H groups in total. The molecule has 2 aromatic heterocycles. The van der Waals surface area contributed by atoms with Gasteiger partial charge in [0.1, 0.15) is 5.01 Å². The Morgan fingerprint density at radius 2 is 2.40 bits per heavy atom. The monoisotopic (exact) mass is 292 g/mol. The third kappa shape index (κ3) is 2.77. The molecule has 0 aliphatic carbocycles. The van der Waals surface area contributed by atoms with Crippen LogP contribution >= 0.6 is 11.3 Å². The van der Waals surface area contributed by atoms with Crippen LogP contribution in [0.15, 0.2) is 17.8 Å². The van der Waals surface area contributed by atoms with Gasteiger partial charge in [0, 0.05) is 55.5 Å². The average molecular weight is 292 g/mol. The van der Waals surface area contributed by atoms with Gasteiger partial charge in [0.05, 0.1) is 19.3 Å². The summed E-state index contributed by atoms with van der Waals surface area (Å²) >= 11 is 1.72. The van der Waals surface area contributed by atoms with Crippen molar-refractivity contribution in [2.24, 2.45) is 7.05 Å². The lowest BCUT2D eigenvalue weighted by Crippen LogP contribution is -2.35. The van der Waals surface area contributed by atoms with E-state index in [1.54, 1.807) is 11.3 Å². The van der Waals surface area contributed by atoms with Crippen LogP contribution in [-0.4, -0.2) is 39.4 Å². The second-order valence-electron chi connectivity index (χ2n) is 5.13. The molecule has 3 rings (SSSR count).